The maximum absolute atomic E-state index is 12.2. The molecule has 28 heavy (non-hydrogen) atoms. The first-order chi connectivity index (χ1) is 13.3. The summed E-state index contributed by atoms with van der Waals surface area (Å²) in [6, 6.07) is 14.7. The minimum absolute atomic E-state index is 0.0488. The van der Waals surface area contributed by atoms with Crippen molar-refractivity contribution in [3.63, 3.8) is 0 Å². The highest BCUT2D eigenvalue weighted by molar-refractivity contribution is 7.88. The number of benzene rings is 2. The highest BCUT2D eigenvalue weighted by Gasteiger charge is 2.21. The molecule has 0 saturated heterocycles. The third kappa shape index (κ3) is 6.82. The Labute approximate surface area is 171 Å². The number of nitrogens with one attached hydrogen (secondary N) is 1. The molecule has 0 aliphatic rings. The number of carbonyl (C=O) groups is 1. The molecular weight excluding hydrogens is 400 g/mol. The minimum atomic E-state index is -3.56. The number of hydrogen-bond acceptors (Lipinski definition) is 4. The second kappa shape index (κ2) is 10.5. The van der Waals surface area contributed by atoms with Crippen molar-refractivity contribution in [2.24, 2.45) is 0 Å². The molecule has 0 aliphatic heterocycles. The first-order valence-electron chi connectivity index (χ1n) is 8.88. The lowest BCUT2D eigenvalue weighted by Gasteiger charge is -2.20. The molecule has 0 atom stereocenters. The summed E-state index contributed by atoms with van der Waals surface area (Å²) in [5.74, 6) is 0.467. The van der Waals surface area contributed by atoms with Crippen LogP contribution in [0.4, 0.5) is 0 Å². The molecule has 0 heterocycles. The molecule has 0 aliphatic carbocycles. The quantitative estimate of drug-likeness (QED) is 0.595. The smallest absolute Gasteiger partial charge is 0.235 e. The fourth-order valence-electron chi connectivity index (χ4n) is 2.74. The van der Waals surface area contributed by atoms with E-state index in [1.165, 1.54) is 0 Å². The Hall–Kier alpha value is -2.09. The van der Waals surface area contributed by atoms with Gasteiger partial charge in [0.15, 0.2) is 0 Å². The molecule has 2 aromatic rings. The second-order valence-corrected chi connectivity index (χ2v) is 8.78. The van der Waals surface area contributed by atoms with E-state index in [0.717, 1.165) is 34.7 Å². The van der Waals surface area contributed by atoms with Gasteiger partial charge in [0, 0.05) is 18.1 Å². The normalized spacial score (nSPS) is 11.4. The van der Waals surface area contributed by atoms with Gasteiger partial charge in [-0.25, -0.2) is 8.42 Å². The summed E-state index contributed by atoms with van der Waals surface area (Å²) in [5, 5.41) is 3.24. The number of hydrogen-bond donors (Lipinski definition) is 1. The monoisotopic (exact) mass is 424 g/mol. The van der Waals surface area contributed by atoms with Gasteiger partial charge in [0.25, 0.3) is 0 Å². The zero-order valence-electron chi connectivity index (χ0n) is 16.0. The maximum Gasteiger partial charge on any atom is 0.235 e. The highest BCUT2D eigenvalue weighted by Crippen LogP contribution is 2.19. The molecule has 0 spiro atoms. The summed E-state index contributed by atoms with van der Waals surface area (Å²) in [6.45, 7) is 0.242. The number of halogens is 1. The molecule has 0 saturated carbocycles. The zero-order chi connectivity index (χ0) is 20.6. The van der Waals surface area contributed by atoms with Crippen molar-refractivity contribution < 1.29 is 17.9 Å². The molecule has 2 aromatic carbocycles. The van der Waals surface area contributed by atoms with Crippen LogP contribution in [0.1, 0.15) is 17.5 Å². The highest BCUT2D eigenvalue weighted by atomic mass is 35.5. The summed E-state index contributed by atoms with van der Waals surface area (Å²) < 4.78 is 30.5. The van der Waals surface area contributed by atoms with Gasteiger partial charge in [0.2, 0.25) is 15.9 Å². The predicted molar refractivity (Wildman–Crippen MR) is 111 cm³/mol. The average Bonchev–Trinajstić information content (AvgIpc) is 2.66. The Morgan fingerprint density at radius 1 is 1.11 bits per heavy atom. The molecular formula is C20H25ClN2O4S. The lowest BCUT2D eigenvalue weighted by molar-refractivity contribution is -0.121. The molecule has 2 rings (SSSR count). The van der Waals surface area contributed by atoms with Crippen LogP contribution >= 0.6 is 11.6 Å². The van der Waals surface area contributed by atoms with Gasteiger partial charge in [0.1, 0.15) is 5.75 Å². The van der Waals surface area contributed by atoms with E-state index in [9.17, 15) is 13.2 Å². The number of aryl methyl sites for hydroxylation is 1. The van der Waals surface area contributed by atoms with Crippen molar-refractivity contribution in [1.29, 1.82) is 0 Å². The Bertz CT molecular complexity index is 903. The SMILES string of the molecule is COc1ccccc1CCCNC(=O)CN(Cc1ccccc1Cl)S(C)(=O)=O. The maximum atomic E-state index is 12.2. The second-order valence-electron chi connectivity index (χ2n) is 6.39. The Balaban J connectivity index is 1.87. The Morgan fingerprint density at radius 2 is 1.75 bits per heavy atom. The molecule has 1 amide bonds. The van der Waals surface area contributed by atoms with Crippen LogP contribution in [0, 0.1) is 0 Å². The van der Waals surface area contributed by atoms with Crippen LogP contribution in [0.2, 0.25) is 5.02 Å². The summed E-state index contributed by atoms with van der Waals surface area (Å²) in [4.78, 5) is 12.2. The number of methoxy groups -OCH3 is 1. The van der Waals surface area contributed by atoms with E-state index < -0.39 is 10.0 Å². The van der Waals surface area contributed by atoms with Gasteiger partial charge < -0.3 is 10.1 Å². The third-order valence-electron chi connectivity index (χ3n) is 4.23. The van der Waals surface area contributed by atoms with Gasteiger partial charge in [0.05, 0.1) is 19.9 Å². The van der Waals surface area contributed by atoms with Gasteiger partial charge in [-0.3, -0.25) is 4.79 Å². The van der Waals surface area contributed by atoms with E-state index in [1.807, 2.05) is 24.3 Å². The topological polar surface area (TPSA) is 75.7 Å². The molecule has 0 unspecified atom stereocenters. The van der Waals surface area contributed by atoms with E-state index >= 15 is 0 Å². The summed E-state index contributed by atoms with van der Waals surface area (Å²) in [5.41, 5.74) is 1.72. The molecule has 0 fully saturated rings. The predicted octanol–water partition coefficient (Wildman–Crippen LogP) is 2.86. The number of carbonyl (C=O) groups excluding carboxylic acids is 1. The zero-order valence-corrected chi connectivity index (χ0v) is 17.6. The Kier molecular flexibility index (Phi) is 8.29. The van der Waals surface area contributed by atoms with Crippen LogP contribution in [0.3, 0.4) is 0 Å². The lowest BCUT2D eigenvalue weighted by Crippen LogP contribution is -2.40. The fourth-order valence-corrected chi connectivity index (χ4v) is 3.66. The fraction of sp³-hybridized carbons (Fsp3) is 0.350. The van der Waals surface area contributed by atoms with Crippen LogP contribution in [-0.2, 0) is 27.8 Å². The van der Waals surface area contributed by atoms with E-state index in [2.05, 4.69) is 5.32 Å². The van der Waals surface area contributed by atoms with Crippen LogP contribution in [0.15, 0.2) is 48.5 Å². The third-order valence-corrected chi connectivity index (χ3v) is 5.80. The molecule has 0 bridgehead atoms. The van der Waals surface area contributed by atoms with Gasteiger partial charge in [-0.1, -0.05) is 48.0 Å². The molecule has 152 valence electrons. The van der Waals surface area contributed by atoms with Crippen LogP contribution < -0.4 is 10.1 Å². The number of para-hydroxylation sites is 1. The summed E-state index contributed by atoms with van der Waals surface area (Å²) in [6.07, 6.45) is 2.55. The van der Waals surface area contributed by atoms with Crippen LogP contribution in [-0.4, -0.2) is 45.1 Å². The Morgan fingerprint density at radius 3 is 2.39 bits per heavy atom. The summed E-state index contributed by atoms with van der Waals surface area (Å²) in [7, 11) is -1.94. The molecule has 0 aromatic heterocycles. The number of ether oxygens (including phenoxy) is 1. The van der Waals surface area contributed by atoms with E-state index in [0.29, 0.717) is 17.1 Å². The van der Waals surface area contributed by atoms with Crippen LogP contribution in [0.5, 0.6) is 5.75 Å². The van der Waals surface area contributed by atoms with Crippen molar-refractivity contribution in [1.82, 2.24) is 9.62 Å². The standard InChI is InChI=1S/C20H25ClN2O4S/c1-27-19-12-6-4-8-16(19)10-7-13-22-20(24)15-23(28(2,25)26)14-17-9-3-5-11-18(17)21/h3-6,8-9,11-12H,7,10,13-15H2,1-2H3,(H,22,24). The molecule has 0 radical (unpaired) electrons. The number of nitrogens with zero attached hydrogens (tertiary/aromatic N) is 1. The number of rotatable bonds is 10. The molecule has 6 nitrogen and oxygen atoms in total. The summed E-state index contributed by atoms with van der Waals surface area (Å²) >= 11 is 6.11. The largest absolute Gasteiger partial charge is 0.496 e. The van der Waals surface area contributed by atoms with Crippen molar-refractivity contribution in [2.45, 2.75) is 19.4 Å². The van der Waals surface area contributed by atoms with Crippen molar-refractivity contribution in [3.05, 3.63) is 64.7 Å². The molecule has 8 heteroatoms. The average molecular weight is 425 g/mol. The van der Waals surface area contributed by atoms with Gasteiger partial charge in [-0.2, -0.15) is 4.31 Å². The molecule has 1 N–H and O–H groups in total. The van der Waals surface area contributed by atoms with Crippen LogP contribution in [0.25, 0.3) is 0 Å². The first kappa shape index (κ1) is 22.2. The van der Waals surface area contributed by atoms with Gasteiger partial charge in [-0.05, 0) is 36.1 Å². The van der Waals surface area contributed by atoms with E-state index in [1.54, 1.807) is 31.4 Å². The van der Waals surface area contributed by atoms with Gasteiger partial charge in [-0.15, -0.1) is 0 Å². The first-order valence-corrected chi connectivity index (χ1v) is 11.1. The van der Waals surface area contributed by atoms with Gasteiger partial charge >= 0.3 is 0 Å². The number of amides is 1. The van der Waals surface area contributed by atoms with Crippen molar-refractivity contribution in [2.75, 3.05) is 26.5 Å². The van der Waals surface area contributed by atoms with Crippen molar-refractivity contribution >= 4 is 27.5 Å². The number of sulfonamides is 1. The van der Waals surface area contributed by atoms with E-state index in [-0.39, 0.29) is 19.0 Å². The lowest BCUT2D eigenvalue weighted by atomic mass is 10.1. The van der Waals surface area contributed by atoms with Crippen molar-refractivity contribution in [3.8, 4) is 5.75 Å². The van der Waals surface area contributed by atoms with E-state index in [4.69, 9.17) is 16.3 Å². The minimum Gasteiger partial charge on any atom is -0.496 e.